The van der Waals surface area contributed by atoms with Gasteiger partial charge in [0.05, 0.1) is 18.7 Å². The molecule has 0 aromatic heterocycles. The van der Waals surface area contributed by atoms with Crippen molar-refractivity contribution in [3.05, 3.63) is 24.3 Å². The maximum atomic E-state index is 12.8. The minimum Gasteiger partial charge on any atom is -0.495 e. The number of hydrogen-bond acceptors (Lipinski definition) is 4. The van der Waals surface area contributed by atoms with E-state index in [1.165, 1.54) is 0 Å². The molecule has 1 aromatic carbocycles. The smallest absolute Gasteiger partial charge is 0.246 e. The Bertz CT molecular complexity index is 734. The molecule has 0 spiro atoms. The molecule has 7 nitrogen and oxygen atoms in total. The summed E-state index contributed by atoms with van der Waals surface area (Å²) in [6.07, 6.45) is 0.243. The van der Waals surface area contributed by atoms with Gasteiger partial charge in [-0.1, -0.05) is 26.0 Å². The van der Waals surface area contributed by atoms with Crippen LogP contribution in [0.2, 0.25) is 0 Å². The zero-order valence-corrected chi connectivity index (χ0v) is 16.2. The summed E-state index contributed by atoms with van der Waals surface area (Å²) in [4.78, 5) is 42.7. The summed E-state index contributed by atoms with van der Waals surface area (Å²) in [6, 6.07) is 7.37. The van der Waals surface area contributed by atoms with Crippen LogP contribution in [0, 0.1) is 11.8 Å². The number of carbonyl (C=O) groups excluding carboxylic acids is 3. The second kappa shape index (κ2) is 7.98. The van der Waals surface area contributed by atoms with Crippen LogP contribution in [-0.4, -0.2) is 67.4 Å². The maximum Gasteiger partial charge on any atom is 0.246 e. The largest absolute Gasteiger partial charge is 0.495 e. The van der Waals surface area contributed by atoms with Gasteiger partial charge in [0.25, 0.3) is 0 Å². The number of methoxy groups -OCH3 is 1. The fourth-order valence-electron chi connectivity index (χ4n) is 3.78. The van der Waals surface area contributed by atoms with E-state index in [0.29, 0.717) is 37.8 Å². The first-order chi connectivity index (χ1) is 12.9. The molecule has 2 saturated heterocycles. The van der Waals surface area contributed by atoms with Gasteiger partial charge in [0.2, 0.25) is 17.7 Å². The van der Waals surface area contributed by atoms with E-state index in [1.54, 1.807) is 21.8 Å². The van der Waals surface area contributed by atoms with Crippen LogP contribution >= 0.6 is 0 Å². The first-order valence-corrected chi connectivity index (χ1v) is 9.40. The van der Waals surface area contributed by atoms with Crippen LogP contribution in [0.4, 0.5) is 5.69 Å². The molecule has 0 saturated carbocycles. The summed E-state index contributed by atoms with van der Waals surface area (Å²) in [6.45, 7) is 6.14. The van der Waals surface area contributed by atoms with Gasteiger partial charge in [0.15, 0.2) is 0 Å². The number of carbonyl (C=O) groups is 3. The molecule has 7 heteroatoms. The van der Waals surface area contributed by atoms with Crippen molar-refractivity contribution >= 4 is 23.4 Å². The van der Waals surface area contributed by atoms with Crippen molar-refractivity contribution in [2.75, 3.05) is 44.7 Å². The summed E-state index contributed by atoms with van der Waals surface area (Å²) < 4.78 is 5.34. The highest BCUT2D eigenvalue weighted by Crippen LogP contribution is 2.29. The normalized spacial score (nSPS) is 20.6. The van der Waals surface area contributed by atoms with Crippen molar-refractivity contribution < 1.29 is 19.1 Å². The van der Waals surface area contributed by atoms with Crippen LogP contribution in [0.1, 0.15) is 20.3 Å². The van der Waals surface area contributed by atoms with Crippen molar-refractivity contribution in [3.63, 3.8) is 0 Å². The maximum absolute atomic E-state index is 12.8. The highest BCUT2D eigenvalue weighted by Gasteiger charge is 2.39. The number of ether oxygens (including phenoxy) is 1. The molecule has 0 bridgehead atoms. The number of benzene rings is 1. The molecule has 2 aliphatic rings. The third kappa shape index (κ3) is 4.07. The summed E-state index contributed by atoms with van der Waals surface area (Å²) >= 11 is 0. The van der Waals surface area contributed by atoms with Crippen molar-refractivity contribution in [1.29, 1.82) is 0 Å². The van der Waals surface area contributed by atoms with Gasteiger partial charge in [-0.05, 0) is 18.1 Å². The quantitative estimate of drug-likeness (QED) is 0.782. The van der Waals surface area contributed by atoms with Gasteiger partial charge < -0.3 is 19.4 Å². The Morgan fingerprint density at radius 3 is 2.59 bits per heavy atom. The number of likely N-dealkylation sites (tertiary alicyclic amines) is 1. The second-order valence-electron chi connectivity index (χ2n) is 7.57. The number of para-hydroxylation sites is 2. The third-order valence-corrected chi connectivity index (χ3v) is 5.06. The Kier molecular flexibility index (Phi) is 5.68. The minimum atomic E-state index is -0.345. The van der Waals surface area contributed by atoms with E-state index in [0.717, 1.165) is 5.69 Å². The van der Waals surface area contributed by atoms with Gasteiger partial charge in [-0.2, -0.15) is 0 Å². The standard InChI is InChI=1S/C20H27N3O4/c1-14(2)11-22-12-15(10-18(22)24)20(26)21-8-9-23(19(25)13-21)16-6-4-5-7-17(16)27-3/h4-7,14-15H,8-13H2,1-3H3/t15-/m1/s1. The van der Waals surface area contributed by atoms with E-state index in [2.05, 4.69) is 13.8 Å². The summed E-state index contributed by atoms with van der Waals surface area (Å²) in [5.41, 5.74) is 0.719. The Morgan fingerprint density at radius 2 is 1.93 bits per heavy atom. The molecule has 1 atom stereocenters. The lowest BCUT2D eigenvalue weighted by Gasteiger charge is -2.35. The Morgan fingerprint density at radius 1 is 1.19 bits per heavy atom. The van der Waals surface area contributed by atoms with E-state index >= 15 is 0 Å². The summed E-state index contributed by atoms with van der Waals surface area (Å²) in [5, 5.41) is 0. The Balaban J connectivity index is 1.63. The van der Waals surface area contributed by atoms with E-state index in [9.17, 15) is 14.4 Å². The van der Waals surface area contributed by atoms with Gasteiger partial charge >= 0.3 is 0 Å². The van der Waals surface area contributed by atoms with E-state index in [4.69, 9.17) is 4.74 Å². The van der Waals surface area contributed by atoms with E-state index in [-0.39, 0.29) is 36.6 Å². The Hall–Kier alpha value is -2.57. The summed E-state index contributed by atoms with van der Waals surface area (Å²) in [5.74, 6) is 0.457. The van der Waals surface area contributed by atoms with Gasteiger partial charge in [0, 0.05) is 32.6 Å². The molecule has 2 heterocycles. The number of amides is 3. The molecule has 27 heavy (non-hydrogen) atoms. The Labute approximate surface area is 159 Å². The van der Waals surface area contributed by atoms with Gasteiger partial charge in [-0.3, -0.25) is 14.4 Å². The fourth-order valence-corrected chi connectivity index (χ4v) is 3.78. The van der Waals surface area contributed by atoms with Crippen molar-refractivity contribution in [1.82, 2.24) is 9.80 Å². The summed E-state index contributed by atoms with van der Waals surface area (Å²) in [7, 11) is 1.57. The van der Waals surface area contributed by atoms with E-state index < -0.39 is 0 Å². The number of piperazine rings is 1. The van der Waals surface area contributed by atoms with Crippen LogP contribution in [0.25, 0.3) is 0 Å². The monoisotopic (exact) mass is 373 g/mol. The van der Waals surface area contributed by atoms with Crippen LogP contribution in [0.15, 0.2) is 24.3 Å². The molecule has 0 aliphatic carbocycles. The van der Waals surface area contributed by atoms with Gasteiger partial charge in [-0.25, -0.2) is 0 Å². The first kappa shape index (κ1) is 19.2. The highest BCUT2D eigenvalue weighted by atomic mass is 16.5. The predicted molar refractivity (Wildman–Crippen MR) is 101 cm³/mol. The molecule has 3 amide bonds. The average Bonchev–Trinajstić information content (AvgIpc) is 3.01. The molecule has 1 aromatic rings. The zero-order valence-electron chi connectivity index (χ0n) is 16.2. The van der Waals surface area contributed by atoms with Crippen LogP contribution in [0.5, 0.6) is 5.75 Å². The lowest BCUT2D eigenvalue weighted by molar-refractivity contribution is -0.140. The molecule has 0 radical (unpaired) electrons. The van der Waals surface area contributed by atoms with E-state index in [1.807, 2.05) is 24.3 Å². The van der Waals surface area contributed by atoms with Crippen molar-refractivity contribution in [2.24, 2.45) is 11.8 Å². The molecule has 2 fully saturated rings. The predicted octanol–water partition coefficient (Wildman–Crippen LogP) is 1.37. The van der Waals surface area contributed by atoms with Crippen molar-refractivity contribution in [2.45, 2.75) is 20.3 Å². The molecule has 0 unspecified atom stereocenters. The number of rotatable bonds is 5. The fraction of sp³-hybridized carbons (Fsp3) is 0.550. The number of hydrogen-bond donors (Lipinski definition) is 0. The molecule has 146 valence electrons. The van der Waals surface area contributed by atoms with Gasteiger partial charge in [-0.15, -0.1) is 0 Å². The average molecular weight is 373 g/mol. The van der Waals surface area contributed by atoms with Gasteiger partial charge in [0.1, 0.15) is 12.3 Å². The van der Waals surface area contributed by atoms with Crippen LogP contribution in [0.3, 0.4) is 0 Å². The first-order valence-electron chi connectivity index (χ1n) is 9.40. The molecule has 2 aliphatic heterocycles. The number of nitrogens with zero attached hydrogens (tertiary/aromatic N) is 3. The van der Waals surface area contributed by atoms with Crippen LogP contribution < -0.4 is 9.64 Å². The minimum absolute atomic E-state index is 0.0287. The lowest BCUT2D eigenvalue weighted by Crippen LogP contribution is -2.54. The zero-order chi connectivity index (χ0) is 19.6. The molecule has 3 rings (SSSR count). The third-order valence-electron chi connectivity index (χ3n) is 5.06. The number of anilines is 1. The van der Waals surface area contributed by atoms with Crippen LogP contribution in [-0.2, 0) is 14.4 Å². The molecule has 0 N–H and O–H groups in total. The highest BCUT2D eigenvalue weighted by molar-refractivity contribution is 6.00. The van der Waals surface area contributed by atoms with Crippen molar-refractivity contribution in [3.8, 4) is 5.75 Å². The topological polar surface area (TPSA) is 70.2 Å². The lowest BCUT2D eigenvalue weighted by atomic mass is 10.1. The second-order valence-corrected chi connectivity index (χ2v) is 7.57. The molecular formula is C20H27N3O4. The molecular weight excluding hydrogens is 346 g/mol. The SMILES string of the molecule is COc1ccccc1N1CCN(C(=O)[C@@H]2CC(=O)N(CC(C)C)C2)CC1=O.